The van der Waals surface area contributed by atoms with E-state index in [2.05, 4.69) is 0 Å². The second-order valence-electron chi connectivity index (χ2n) is 8.59. The maximum atomic E-state index is 13.0. The van der Waals surface area contributed by atoms with E-state index in [1.165, 1.54) is 6.26 Å². The first kappa shape index (κ1) is 19.7. The zero-order valence-corrected chi connectivity index (χ0v) is 17.6. The van der Waals surface area contributed by atoms with Crippen LogP contribution < -0.4 is 4.74 Å². The van der Waals surface area contributed by atoms with Crippen LogP contribution in [-0.2, 0) is 27.9 Å². The van der Waals surface area contributed by atoms with Gasteiger partial charge in [-0.3, -0.25) is 4.79 Å². The molecule has 7 heteroatoms. The van der Waals surface area contributed by atoms with Crippen LogP contribution >= 0.6 is 0 Å². The predicted molar refractivity (Wildman–Crippen MR) is 107 cm³/mol. The first-order valence-electron chi connectivity index (χ1n) is 10.3. The second-order valence-corrected chi connectivity index (χ2v) is 10.5. The van der Waals surface area contributed by atoms with Crippen molar-refractivity contribution in [3.63, 3.8) is 0 Å². The zero-order valence-electron chi connectivity index (χ0n) is 16.8. The molecule has 2 saturated carbocycles. The maximum absolute atomic E-state index is 13.0. The molecule has 1 aromatic carbocycles. The van der Waals surface area contributed by atoms with Crippen molar-refractivity contribution < 1.29 is 17.9 Å². The average molecular weight is 407 g/mol. The molecular weight excluding hydrogens is 376 g/mol. The molecule has 154 valence electrons. The van der Waals surface area contributed by atoms with Gasteiger partial charge in [0.25, 0.3) is 0 Å². The van der Waals surface area contributed by atoms with Crippen LogP contribution in [0.3, 0.4) is 0 Å². The van der Waals surface area contributed by atoms with E-state index in [9.17, 15) is 13.2 Å². The molecule has 0 N–H and O–H groups in total. The van der Waals surface area contributed by atoms with Crippen LogP contribution in [-0.4, -0.2) is 48.5 Å². The number of carbonyl (C=O) groups is 1. The van der Waals surface area contributed by atoms with E-state index in [-0.39, 0.29) is 23.9 Å². The van der Waals surface area contributed by atoms with Gasteiger partial charge in [-0.05, 0) is 50.3 Å². The molecule has 1 amide bonds. The van der Waals surface area contributed by atoms with Gasteiger partial charge in [0.1, 0.15) is 12.4 Å². The standard InChI is InChI=1S/C21H30N2O4S/c1-15-14-27-20-10-7-16(12-23(19-8-9-19)28(2,25)26)11-18(20)13-22(15)21(24)17-5-3-4-6-17/h7,10-11,15,17,19H,3-6,8-9,12-14H2,1-2H3/t15-/m0/s1. The van der Waals surface area contributed by atoms with Crippen molar-refractivity contribution in [2.75, 3.05) is 12.9 Å². The van der Waals surface area contributed by atoms with Gasteiger partial charge < -0.3 is 9.64 Å². The smallest absolute Gasteiger partial charge is 0.226 e. The van der Waals surface area contributed by atoms with Gasteiger partial charge in [-0.25, -0.2) is 8.42 Å². The molecule has 0 spiro atoms. The molecule has 2 aliphatic carbocycles. The van der Waals surface area contributed by atoms with Crippen molar-refractivity contribution in [3.05, 3.63) is 29.3 Å². The van der Waals surface area contributed by atoms with E-state index in [0.29, 0.717) is 19.7 Å². The van der Waals surface area contributed by atoms with Crippen LogP contribution in [0.15, 0.2) is 18.2 Å². The summed E-state index contributed by atoms with van der Waals surface area (Å²) in [6.07, 6.45) is 7.39. The topological polar surface area (TPSA) is 66.9 Å². The van der Waals surface area contributed by atoms with E-state index in [1.54, 1.807) is 4.31 Å². The van der Waals surface area contributed by atoms with Crippen LogP contribution in [0, 0.1) is 5.92 Å². The maximum Gasteiger partial charge on any atom is 0.226 e. The van der Waals surface area contributed by atoms with Crippen molar-refractivity contribution in [2.24, 2.45) is 5.92 Å². The molecule has 1 atom stereocenters. The SMILES string of the molecule is C[C@H]1COc2ccc(CN(C3CC3)S(C)(=O)=O)cc2CN1C(=O)C1CCCC1. The Morgan fingerprint density at radius 2 is 1.93 bits per heavy atom. The highest BCUT2D eigenvalue weighted by atomic mass is 32.2. The minimum atomic E-state index is -3.23. The Hall–Kier alpha value is -1.60. The molecule has 28 heavy (non-hydrogen) atoms. The summed E-state index contributed by atoms with van der Waals surface area (Å²) in [6.45, 7) is 3.44. The molecular formula is C21H30N2O4S. The fourth-order valence-corrected chi connectivity index (χ4v) is 5.53. The summed E-state index contributed by atoms with van der Waals surface area (Å²) in [4.78, 5) is 15.0. The highest BCUT2D eigenvalue weighted by Gasteiger charge is 2.35. The lowest BCUT2D eigenvalue weighted by Crippen LogP contribution is -2.42. The summed E-state index contributed by atoms with van der Waals surface area (Å²) < 4.78 is 31.8. The van der Waals surface area contributed by atoms with E-state index < -0.39 is 10.0 Å². The number of amides is 1. The van der Waals surface area contributed by atoms with Crippen molar-refractivity contribution >= 4 is 15.9 Å². The number of benzene rings is 1. The molecule has 0 saturated heterocycles. The van der Waals surface area contributed by atoms with Gasteiger partial charge in [-0.15, -0.1) is 0 Å². The average Bonchev–Trinajstić information content (AvgIpc) is 3.36. The number of sulfonamides is 1. The normalized spacial score (nSPS) is 23.4. The van der Waals surface area contributed by atoms with E-state index >= 15 is 0 Å². The number of fused-ring (bicyclic) bond motifs is 1. The Morgan fingerprint density at radius 1 is 1.21 bits per heavy atom. The predicted octanol–water partition coefficient (Wildman–Crippen LogP) is 2.91. The largest absolute Gasteiger partial charge is 0.491 e. The molecule has 6 nitrogen and oxygen atoms in total. The third kappa shape index (κ3) is 4.20. The van der Waals surface area contributed by atoms with Crippen LogP contribution in [0.4, 0.5) is 0 Å². The molecule has 0 unspecified atom stereocenters. The van der Waals surface area contributed by atoms with Gasteiger partial charge in [0, 0.05) is 30.6 Å². The minimum Gasteiger partial charge on any atom is -0.491 e. The monoisotopic (exact) mass is 406 g/mol. The fraction of sp³-hybridized carbons (Fsp3) is 0.667. The van der Waals surface area contributed by atoms with E-state index in [0.717, 1.165) is 55.4 Å². The second kappa shape index (κ2) is 7.67. The number of hydrogen-bond acceptors (Lipinski definition) is 4. The van der Waals surface area contributed by atoms with Gasteiger partial charge in [0.05, 0.1) is 12.3 Å². The van der Waals surface area contributed by atoms with Gasteiger partial charge in [0.2, 0.25) is 15.9 Å². The Bertz CT molecular complexity index is 844. The Balaban J connectivity index is 1.56. The van der Waals surface area contributed by atoms with Crippen molar-refractivity contribution in [3.8, 4) is 5.75 Å². The Kier molecular flexibility index (Phi) is 5.40. The van der Waals surface area contributed by atoms with Crippen molar-refractivity contribution in [1.29, 1.82) is 0 Å². The quantitative estimate of drug-likeness (QED) is 0.754. The summed E-state index contributed by atoms with van der Waals surface area (Å²) in [6, 6.07) is 6.05. The van der Waals surface area contributed by atoms with Gasteiger partial charge in [0.15, 0.2) is 0 Å². The molecule has 4 rings (SSSR count). The van der Waals surface area contributed by atoms with E-state index in [1.807, 2.05) is 30.0 Å². The summed E-state index contributed by atoms with van der Waals surface area (Å²) >= 11 is 0. The van der Waals surface area contributed by atoms with Crippen molar-refractivity contribution in [1.82, 2.24) is 9.21 Å². The fourth-order valence-electron chi connectivity index (χ4n) is 4.40. The summed E-state index contributed by atoms with van der Waals surface area (Å²) in [5.41, 5.74) is 1.92. The number of ether oxygens (including phenoxy) is 1. The highest BCUT2D eigenvalue weighted by molar-refractivity contribution is 7.88. The molecule has 0 aromatic heterocycles. The number of hydrogen-bond donors (Lipinski definition) is 0. The summed E-state index contributed by atoms with van der Waals surface area (Å²) in [7, 11) is -3.23. The summed E-state index contributed by atoms with van der Waals surface area (Å²) in [5, 5.41) is 0. The Morgan fingerprint density at radius 3 is 2.57 bits per heavy atom. The molecule has 0 radical (unpaired) electrons. The van der Waals surface area contributed by atoms with Crippen molar-refractivity contribution in [2.45, 2.75) is 70.6 Å². The molecule has 1 aromatic rings. The lowest BCUT2D eigenvalue weighted by atomic mass is 10.0. The van der Waals surface area contributed by atoms with Crippen LogP contribution in [0.5, 0.6) is 5.75 Å². The highest BCUT2D eigenvalue weighted by Crippen LogP contribution is 2.33. The third-order valence-electron chi connectivity index (χ3n) is 6.18. The number of carbonyl (C=O) groups excluding carboxylic acids is 1. The Labute approximate surface area is 167 Å². The molecule has 2 fully saturated rings. The van der Waals surface area contributed by atoms with Crippen LogP contribution in [0.2, 0.25) is 0 Å². The number of rotatable bonds is 5. The van der Waals surface area contributed by atoms with Gasteiger partial charge in [-0.2, -0.15) is 4.31 Å². The van der Waals surface area contributed by atoms with Crippen LogP contribution in [0.1, 0.15) is 56.6 Å². The number of nitrogens with zero attached hydrogens (tertiary/aromatic N) is 2. The molecule has 0 bridgehead atoms. The van der Waals surface area contributed by atoms with E-state index in [4.69, 9.17) is 4.74 Å². The first-order chi connectivity index (χ1) is 13.3. The van der Waals surface area contributed by atoms with Gasteiger partial charge in [-0.1, -0.05) is 18.9 Å². The molecule has 1 heterocycles. The third-order valence-corrected chi connectivity index (χ3v) is 7.46. The van der Waals surface area contributed by atoms with Gasteiger partial charge >= 0.3 is 0 Å². The minimum absolute atomic E-state index is 0.0305. The lowest BCUT2D eigenvalue weighted by molar-refractivity contribution is -0.138. The van der Waals surface area contributed by atoms with Crippen LogP contribution in [0.25, 0.3) is 0 Å². The molecule has 1 aliphatic heterocycles. The summed E-state index contributed by atoms with van der Waals surface area (Å²) in [5.74, 6) is 1.18. The first-order valence-corrected chi connectivity index (χ1v) is 12.2. The lowest BCUT2D eigenvalue weighted by Gasteiger charge is -2.29. The molecule has 3 aliphatic rings. The zero-order chi connectivity index (χ0) is 19.9.